The Morgan fingerprint density at radius 3 is 2.38 bits per heavy atom. The Hall–Kier alpha value is -1.35. The molecule has 2 rings (SSSR count). The Bertz CT molecular complexity index is 510. The van der Waals surface area contributed by atoms with Crippen LogP contribution in [0.1, 0.15) is 56.1 Å². The van der Waals surface area contributed by atoms with Gasteiger partial charge in [-0.2, -0.15) is 0 Å². The number of rotatable bonds is 8. The molecule has 1 fully saturated rings. The maximum Gasteiger partial charge on any atom is 0.227 e. The van der Waals surface area contributed by atoms with Crippen LogP contribution in [0.15, 0.2) is 24.3 Å². The minimum atomic E-state index is -0.0744. The standard InChI is InChI=1S/C21H34N2O/c1-17(21(24)22-14-7-15-23(2,3)4)20-12-10-19(11-13-20)16-18-8-5-6-9-18/h10-13,17-18H,5-9,14-16H2,1-4H3/p+1. The molecule has 1 aromatic carbocycles. The van der Waals surface area contributed by atoms with Crippen LogP contribution >= 0.6 is 0 Å². The molecule has 0 aliphatic heterocycles. The van der Waals surface area contributed by atoms with Crippen molar-refractivity contribution in [3.63, 3.8) is 0 Å². The van der Waals surface area contributed by atoms with Crippen LogP contribution in [0.25, 0.3) is 0 Å². The summed E-state index contributed by atoms with van der Waals surface area (Å²) in [4.78, 5) is 12.3. The van der Waals surface area contributed by atoms with E-state index in [0.29, 0.717) is 0 Å². The Kier molecular flexibility index (Phi) is 6.85. The molecule has 3 heteroatoms. The summed E-state index contributed by atoms with van der Waals surface area (Å²) in [5.41, 5.74) is 2.54. The first-order valence-corrected chi connectivity index (χ1v) is 9.52. The van der Waals surface area contributed by atoms with Crippen LogP contribution in [0.5, 0.6) is 0 Å². The fourth-order valence-corrected chi connectivity index (χ4v) is 3.56. The molecule has 0 spiro atoms. The smallest absolute Gasteiger partial charge is 0.227 e. The molecule has 1 atom stereocenters. The Morgan fingerprint density at radius 2 is 1.79 bits per heavy atom. The average molecular weight is 332 g/mol. The molecule has 0 heterocycles. The maximum atomic E-state index is 12.3. The normalized spacial score (nSPS) is 17.0. The first-order valence-electron chi connectivity index (χ1n) is 9.52. The first kappa shape index (κ1) is 19.0. The molecule has 0 saturated heterocycles. The number of quaternary nitrogens is 1. The third-order valence-corrected chi connectivity index (χ3v) is 5.18. The van der Waals surface area contributed by atoms with E-state index in [9.17, 15) is 4.79 Å². The molecule has 1 aromatic rings. The molecular formula is C21H35N2O+. The highest BCUT2D eigenvalue weighted by molar-refractivity contribution is 5.83. The topological polar surface area (TPSA) is 29.1 Å². The molecule has 0 bridgehead atoms. The molecule has 1 unspecified atom stereocenters. The van der Waals surface area contributed by atoms with E-state index in [1.807, 2.05) is 6.92 Å². The predicted octanol–water partition coefficient (Wildman–Crippen LogP) is 3.74. The monoisotopic (exact) mass is 331 g/mol. The van der Waals surface area contributed by atoms with Crippen LogP contribution in [0, 0.1) is 5.92 Å². The van der Waals surface area contributed by atoms with Crippen LogP contribution in [0.2, 0.25) is 0 Å². The van der Waals surface area contributed by atoms with Crippen molar-refractivity contribution in [2.75, 3.05) is 34.2 Å². The summed E-state index contributed by atoms with van der Waals surface area (Å²) in [6.07, 6.45) is 7.78. The van der Waals surface area contributed by atoms with Crippen molar-refractivity contribution in [3.8, 4) is 0 Å². The summed E-state index contributed by atoms with van der Waals surface area (Å²) >= 11 is 0. The van der Waals surface area contributed by atoms with Crippen LogP contribution in [0.4, 0.5) is 0 Å². The van der Waals surface area contributed by atoms with E-state index >= 15 is 0 Å². The number of nitrogens with zero attached hydrogens (tertiary/aromatic N) is 1. The predicted molar refractivity (Wildman–Crippen MR) is 101 cm³/mol. The number of carbonyl (C=O) groups excluding carboxylic acids is 1. The number of carbonyl (C=O) groups is 1. The van der Waals surface area contributed by atoms with Gasteiger partial charge in [0.1, 0.15) is 0 Å². The van der Waals surface area contributed by atoms with E-state index in [4.69, 9.17) is 0 Å². The summed E-state index contributed by atoms with van der Waals surface area (Å²) < 4.78 is 0.938. The summed E-state index contributed by atoms with van der Waals surface area (Å²) in [6, 6.07) is 8.71. The first-order chi connectivity index (χ1) is 11.3. The van der Waals surface area contributed by atoms with Gasteiger partial charge < -0.3 is 9.80 Å². The molecule has 0 aromatic heterocycles. The molecule has 1 amide bonds. The quantitative estimate of drug-likeness (QED) is 0.571. The van der Waals surface area contributed by atoms with E-state index in [-0.39, 0.29) is 11.8 Å². The molecule has 1 aliphatic rings. The maximum absolute atomic E-state index is 12.3. The minimum Gasteiger partial charge on any atom is -0.355 e. The summed E-state index contributed by atoms with van der Waals surface area (Å²) in [7, 11) is 6.53. The zero-order valence-electron chi connectivity index (χ0n) is 16.0. The molecule has 24 heavy (non-hydrogen) atoms. The van der Waals surface area contributed by atoms with Gasteiger partial charge in [-0.1, -0.05) is 49.9 Å². The zero-order valence-corrected chi connectivity index (χ0v) is 16.0. The highest BCUT2D eigenvalue weighted by atomic mass is 16.1. The minimum absolute atomic E-state index is 0.0744. The molecule has 1 saturated carbocycles. The van der Waals surface area contributed by atoms with E-state index < -0.39 is 0 Å². The van der Waals surface area contributed by atoms with Gasteiger partial charge in [0.15, 0.2) is 0 Å². The van der Waals surface area contributed by atoms with Gasteiger partial charge in [0.2, 0.25) is 5.91 Å². The fraction of sp³-hybridized carbons (Fsp3) is 0.667. The highest BCUT2D eigenvalue weighted by Crippen LogP contribution is 2.28. The average Bonchev–Trinajstić information content (AvgIpc) is 3.03. The molecule has 1 N–H and O–H groups in total. The van der Waals surface area contributed by atoms with Crippen molar-refractivity contribution < 1.29 is 9.28 Å². The Morgan fingerprint density at radius 1 is 1.17 bits per heavy atom. The van der Waals surface area contributed by atoms with Gasteiger partial charge in [0.05, 0.1) is 33.6 Å². The van der Waals surface area contributed by atoms with E-state index in [1.165, 1.54) is 37.7 Å². The van der Waals surface area contributed by atoms with Crippen LogP contribution < -0.4 is 5.32 Å². The summed E-state index contributed by atoms with van der Waals surface area (Å²) in [6.45, 7) is 3.84. The van der Waals surface area contributed by atoms with E-state index in [0.717, 1.165) is 35.5 Å². The highest BCUT2D eigenvalue weighted by Gasteiger charge is 2.17. The van der Waals surface area contributed by atoms with Crippen molar-refractivity contribution in [2.24, 2.45) is 5.92 Å². The lowest BCUT2D eigenvalue weighted by molar-refractivity contribution is -0.870. The van der Waals surface area contributed by atoms with Crippen LogP contribution in [-0.4, -0.2) is 44.6 Å². The van der Waals surface area contributed by atoms with Crippen molar-refractivity contribution in [1.29, 1.82) is 0 Å². The second-order valence-electron chi connectivity index (χ2n) is 8.48. The molecule has 134 valence electrons. The van der Waals surface area contributed by atoms with Gasteiger partial charge in [0, 0.05) is 13.0 Å². The van der Waals surface area contributed by atoms with E-state index in [2.05, 4.69) is 50.7 Å². The van der Waals surface area contributed by atoms with Gasteiger partial charge in [-0.05, 0) is 30.4 Å². The third kappa shape index (κ3) is 6.27. The van der Waals surface area contributed by atoms with Gasteiger partial charge in [-0.25, -0.2) is 0 Å². The van der Waals surface area contributed by atoms with Gasteiger partial charge in [-0.3, -0.25) is 4.79 Å². The van der Waals surface area contributed by atoms with Crippen LogP contribution in [-0.2, 0) is 11.2 Å². The van der Waals surface area contributed by atoms with Crippen LogP contribution in [0.3, 0.4) is 0 Å². The lowest BCUT2D eigenvalue weighted by Gasteiger charge is -2.24. The third-order valence-electron chi connectivity index (χ3n) is 5.18. The van der Waals surface area contributed by atoms with Crippen molar-refractivity contribution in [1.82, 2.24) is 5.32 Å². The number of nitrogens with one attached hydrogen (secondary N) is 1. The largest absolute Gasteiger partial charge is 0.355 e. The molecular weight excluding hydrogens is 296 g/mol. The van der Waals surface area contributed by atoms with Gasteiger partial charge in [-0.15, -0.1) is 0 Å². The SMILES string of the molecule is CC(C(=O)NCCC[N+](C)(C)C)c1ccc(CC2CCCC2)cc1. The Labute approximate surface area is 148 Å². The number of amides is 1. The lowest BCUT2D eigenvalue weighted by Crippen LogP contribution is -2.38. The second-order valence-corrected chi connectivity index (χ2v) is 8.48. The summed E-state index contributed by atoms with van der Waals surface area (Å²) in [5, 5.41) is 3.08. The number of hydrogen-bond acceptors (Lipinski definition) is 1. The number of hydrogen-bond donors (Lipinski definition) is 1. The van der Waals surface area contributed by atoms with Gasteiger partial charge >= 0.3 is 0 Å². The number of benzene rings is 1. The molecule has 1 aliphatic carbocycles. The molecule has 0 radical (unpaired) electrons. The zero-order chi connectivity index (χ0) is 17.6. The van der Waals surface area contributed by atoms with Gasteiger partial charge in [0.25, 0.3) is 0 Å². The van der Waals surface area contributed by atoms with Crippen molar-refractivity contribution >= 4 is 5.91 Å². The molecule has 3 nitrogen and oxygen atoms in total. The van der Waals surface area contributed by atoms with Crippen molar-refractivity contribution in [3.05, 3.63) is 35.4 Å². The Balaban J connectivity index is 1.78. The van der Waals surface area contributed by atoms with Crippen molar-refractivity contribution in [2.45, 2.75) is 51.4 Å². The fourth-order valence-electron chi connectivity index (χ4n) is 3.56. The second kappa shape index (κ2) is 8.66. The van der Waals surface area contributed by atoms with E-state index in [1.54, 1.807) is 0 Å². The lowest BCUT2D eigenvalue weighted by atomic mass is 9.94. The summed E-state index contributed by atoms with van der Waals surface area (Å²) in [5.74, 6) is 0.937.